The molecule has 0 aromatic heterocycles. The summed E-state index contributed by atoms with van der Waals surface area (Å²) in [4.78, 5) is 10.7. The molecule has 0 aliphatic carbocycles. The lowest BCUT2D eigenvalue weighted by Gasteiger charge is -2.38. The maximum Gasteiger partial charge on any atom is 0.335 e. The van der Waals surface area contributed by atoms with Crippen LogP contribution in [0.15, 0.2) is 0 Å². The summed E-state index contributed by atoms with van der Waals surface area (Å²) in [5.41, 5.74) is -0.825. The number of rotatable bonds is 3. The molecule has 1 saturated heterocycles. The first-order valence-electron chi connectivity index (χ1n) is 4.53. The molecule has 0 amide bonds. The van der Waals surface area contributed by atoms with Crippen LogP contribution in [0.4, 0.5) is 0 Å². The summed E-state index contributed by atoms with van der Waals surface area (Å²) in [5, 5.41) is 36.9. The van der Waals surface area contributed by atoms with E-state index in [1.54, 1.807) is 0 Å². The second-order valence-electron chi connectivity index (χ2n) is 3.19. The summed E-state index contributed by atoms with van der Waals surface area (Å²) in [6.45, 7) is 1.81. The van der Waals surface area contributed by atoms with Gasteiger partial charge in [0.05, 0.1) is 0 Å². The summed E-state index contributed by atoms with van der Waals surface area (Å²) < 4.78 is 4.99. The highest BCUT2D eigenvalue weighted by atomic mass is 32.2. The Morgan fingerprint density at radius 3 is 2.33 bits per heavy atom. The first-order chi connectivity index (χ1) is 6.99. The molecule has 0 saturated carbocycles. The van der Waals surface area contributed by atoms with Crippen molar-refractivity contribution in [2.45, 2.75) is 36.8 Å². The van der Waals surface area contributed by atoms with E-state index in [2.05, 4.69) is 0 Å². The smallest absolute Gasteiger partial charge is 0.335 e. The number of hydrogen-bond donors (Lipinski definition) is 4. The van der Waals surface area contributed by atoms with Gasteiger partial charge in [0.2, 0.25) is 0 Å². The normalized spacial score (nSPS) is 41.5. The van der Waals surface area contributed by atoms with E-state index in [-0.39, 0.29) is 0 Å². The molecule has 7 heteroatoms. The predicted molar refractivity (Wildman–Crippen MR) is 52.4 cm³/mol. The second kappa shape index (κ2) is 5.13. The highest BCUT2D eigenvalue weighted by molar-refractivity contribution is 7.99. The lowest BCUT2D eigenvalue weighted by Crippen LogP contribution is -2.58. The molecular formula is C8H14O6S. The lowest BCUT2D eigenvalue weighted by molar-refractivity contribution is -0.209. The Hall–Kier alpha value is -0.340. The van der Waals surface area contributed by atoms with Gasteiger partial charge in [0.1, 0.15) is 23.7 Å². The molecule has 0 unspecified atom stereocenters. The standard InChI is InChI=1S/C8H14O6S/c1-2-15-8-5(11)3(9)4(10)6(14-8)7(12)13/h3-6,8-11H,2H2,1H3,(H,12,13)/t3-,4-,5+,6-,8-/m0/s1. The van der Waals surface area contributed by atoms with Crippen LogP contribution in [0.3, 0.4) is 0 Å². The second-order valence-corrected chi connectivity index (χ2v) is 4.57. The van der Waals surface area contributed by atoms with E-state index >= 15 is 0 Å². The summed E-state index contributed by atoms with van der Waals surface area (Å²) >= 11 is 1.18. The third-order valence-corrected chi connectivity index (χ3v) is 3.20. The van der Waals surface area contributed by atoms with Crippen LogP contribution < -0.4 is 0 Å². The third-order valence-electron chi connectivity index (χ3n) is 2.14. The molecule has 0 bridgehead atoms. The van der Waals surface area contributed by atoms with E-state index in [9.17, 15) is 20.1 Å². The fourth-order valence-electron chi connectivity index (χ4n) is 1.35. The van der Waals surface area contributed by atoms with Crippen LogP contribution in [-0.4, -0.2) is 62.0 Å². The Morgan fingerprint density at radius 1 is 1.27 bits per heavy atom. The molecule has 1 heterocycles. The van der Waals surface area contributed by atoms with Crippen molar-refractivity contribution in [3.63, 3.8) is 0 Å². The van der Waals surface area contributed by atoms with Crippen molar-refractivity contribution in [3.8, 4) is 0 Å². The van der Waals surface area contributed by atoms with Crippen LogP contribution in [0.5, 0.6) is 0 Å². The molecule has 0 aromatic rings. The van der Waals surface area contributed by atoms with Gasteiger partial charge in [-0.1, -0.05) is 6.92 Å². The Morgan fingerprint density at radius 2 is 1.87 bits per heavy atom. The van der Waals surface area contributed by atoms with Crippen molar-refractivity contribution in [1.82, 2.24) is 0 Å². The van der Waals surface area contributed by atoms with Crippen LogP contribution >= 0.6 is 11.8 Å². The van der Waals surface area contributed by atoms with Gasteiger partial charge in [0, 0.05) is 0 Å². The van der Waals surface area contributed by atoms with E-state index in [0.29, 0.717) is 5.75 Å². The molecular weight excluding hydrogens is 224 g/mol. The van der Waals surface area contributed by atoms with Gasteiger partial charge in [-0.15, -0.1) is 11.8 Å². The number of carbonyl (C=O) groups is 1. The number of hydrogen-bond acceptors (Lipinski definition) is 6. The minimum Gasteiger partial charge on any atom is -0.479 e. The van der Waals surface area contributed by atoms with E-state index in [0.717, 1.165) is 0 Å². The van der Waals surface area contributed by atoms with Crippen LogP contribution in [0, 0.1) is 0 Å². The van der Waals surface area contributed by atoms with Crippen LogP contribution in [0.25, 0.3) is 0 Å². The lowest BCUT2D eigenvalue weighted by atomic mass is 10.0. The topological polar surface area (TPSA) is 107 Å². The Bertz CT molecular complexity index is 235. The zero-order valence-corrected chi connectivity index (χ0v) is 8.92. The van der Waals surface area contributed by atoms with Crippen molar-refractivity contribution < 1.29 is 30.0 Å². The number of carboxylic acids is 1. The summed E-state index contributed by atoms with van der Waals surface area (Å²) in [7, 11) is 0. The SMILES string of the molecule is CCS[C@@H]1O[C@H](C(=O)O)[C@@H](O)[C@H](O)[C@H]1O. The zero-order valence-electron chi connectivity index (χ0n) is 8.11. The van der Waals surface area contributed by atoms with Gasteiger partial charge in [0.25, 0.3) is 0 Å². The third kappa shape index (κ3) is 2.61. The van der Waals surface area contributed by atoms with Gasteiger partial charge in [-0.25, -0.2) is 4.79 Å². The predicted octanol–water partition coefficient (Wildman–Crippen LogP) is -1.37. The number of thioether (sulfide) groups is 1. The van der Waals surface area contributed by atoms with Crippen molar-refractivity contribution in [2.75, 3.05) is 5.75 Å². The Kier molecular flexibility index (Phi) is 4.35. The van der Waals surface area contributed by atoms with Gasteiger partial charge in [-0.05, 0) is 5.75 Å². The quantitative estimate of drug-likeness (QED) is 0.480. The number of ether oxygens (including phenoxy) is 1. The summed E-state index contributed by atoms with van der Waals surface area (Å²) in [6.07, 6.45) is -5.87. The highest BCUT2D eigenvalue weighted by Gasteiger charge is 2.46. The molecule has 15 heavy (non-hydrogen) atoms. The molecule has 4 N–H and O–H groups in total. The van der Waals surface area contributed by atoms with E-state index in [1.807, 2.05) is 6.92 Å². The maximum atomic E-state index is 10.7. The zero-order chi connectivity index (χ0) is 11.6. The van der Waals surface area contributed by atoms with Crippen molar-refractivity contribution in [3.05, 3.63) is 0 Å². The summed E-state index contributed by atoms with van der Waals surface area (Å²) in [5.74, 6) is -0.744. The van der Waals surface area contributed by atoms with E-state index < -0.39 is 35.8 Å². The first kappa shape index (κ1) is 12.7. The highest BCUT2D eigenvalue weighted by Crippen LogP contribution is 2.28. The monoisotopic (exact) mass is 238 g/mol. The van der Waals surface area contributed by atoms with E-state index in [4.69, 9.17) is 9.84 Å². The molecule has 1 fully saturated rings. The van der Waals surface area contributed by atoms with Crippen LogP contribution in [0.2, 0.25) is 0 Å². The average Bonchev–Trinajstić information content (AvgIpc) is 2.18. The van der Waals surface area contributed by atoms with Gasteiger partial charge >= 0.3 is 5.97 Å². The molecule has 88 valence electrons. The summed E-state index contributed by atoms with van der Waals surface area (Å²) in [6, 6.07) is 0. The van der Waals surface area contributed by atoms with Crippen LogP contribution in [0.1, 0.15) is 6.92 Å². The Labute approximate surface area is 90.9 Å². The molecule has 1 aliphatic rings. The minimum atomic E-state index is -1.61. The minimum absolute atomic E-state index is 0.608. The molecule has 1 aliphatic heterocycles. The number of aliphatic carboxylic acids is 1. The molecule has 5 atom stereocenters. The van der Waals surface area contributed by atoms with Crippen molar-refractivity contribution in [2.24, 2.45) is 0 Å². The van der Waals surface area contributed by atoms with Gasteiger partial charge in [0.15, 0.2) is 6.10 Å². The fraction of sp³-hybridized carbons (Fsp3) is 0.875. The van der Waals surface area contributed by atoms with Crippen molar-refractivity contribution in [1.29, 1.82) is 0 Å². The van der Waals surface area contributed by atoms with Gasteiger partial charge in [-0.3, -0.25) is 0 Å². The fourth-order valence-corrected chi connectivity index (χ4v) is 2.24. The largest absolute Gasteiger partial charge is 0.479 e. The van der Waals surface area contributed by atoms with E-state index in [1.165, 1.54) is 11.8 Å². The Balaban J connectivity index is 2.75. The molecule has 0 radical (unpaired) electrons. The first-order valence-corrected chi connectivity index (χ1v) is 5.58. The van der Waals surface area contributed by atoms with Crippen molar-refractivity contribution >= 4 is 17.7 Å². The number of aliphatic hydroxyl groups is 3. The molecule has 0 spiro atoms. The van der Waals surface area contributed by atoms with Crippen LogP contribution in [-0.2, 0) is 9.53 Å². The molecule has 6 nitrogen and oxygen atoms in total. The average molecular weight is 238 g/mol. The molecule has 1 rings (SSSR count). The van der Waals surface area contributed by atoms with Gasteiger partial charge < -0.3 is 25.2 Å². The maximum absolute atomic E-state index is 10.7. The number of aliphatic hydroxyl groups excluding tert-OH is 3. The van der Waals surface area contributed by atoms with Gasteiger partial charge in [-0.2, -0.15) is 0 Å². The number of carboxylic acid groups (broad SMARTS) is 1. The molecule has 0 aromatic carbocycles.